The minimum absolute atomic E-state index is 0.358. The largest absolute Gasteiger partial charge is 0.366 e. The molecule has 1 aromatic rings. The molecular formula is C13H20N4. The van der Waals surface area contributed by atoms with E-state index in [2.05, 4.69) is 29.1 Å². The van der Waals surface area contributed by atoms with Gasteiger partial charge in [0, 0.05) is 6.04 Å². The lowest BCUT2D eigenvalue weighted by Gasteiger charge is -2.18. The second-order valence-corrected chi connectivity index (χ2v) is 4.17. The van der Waals surface area contributed by atoms with Crippen molar-refractivity contribution in [2.75, 3.05) is 5.32 Å². The van der Waals surface area contributed by atoms with Gasteiger partial charge in [-0.3, -0.25) is 0 Å². The van der Waals surface area contributed by atoms with Crippen molar-refractivity contribution in [3.8, 4) is 6.07 Å². The molecule has 1 unspecified atom stereocenters. The molecule has 1 atom stereocenters. The smallest absolute Gasteiger partial charge is 0.158 e. The summed E-state index contributed by atoms with van der Waals surface area (Å²) in [6, 6.07) is 2.43. The normalized spacial score (nSPS) is 11.8. The lowest BCUT2D eigenvalue weighted by atomic mass is 10.1. The van der Waals surface area contributed by atoms with Gasteiger partial charge in [0.25, 0.3) is 0 Å². The molecule has 0 saturated carbocycles. The first kappa shape index (κ1) is 13.4. The number of rotatable bonds is 7. The van der Waals surface area contributed by atoms with E-state index >= 15 is 0 Å². The van der Waals surface area contributed by atoms with Gasteiger partial charge in [0.05, 0.1) is 12.4 Å². The predicted molar refractivity (Wildman–Crippen MR) is 68.6 cm³/mol. The summed E-state index contributed by atoms with van der Waals surface area (Å²) in [6.45, 7) is 4.38. The van der Waals surface area contributed by atoms with Crippen LogP contribution in [0.25, 0.3) is 0 Å². The zero-order valence-corrected chi connectivity index (χ0v) is 10.6. The Bertz CT molecular complexity index is 353. The fourth-order valence-corrected chi connectivity index (χ4v) is 1.76. The first-order valence-electron chi connectivity index (χ1n) is 6.28. The first-order chi connectivity index (χ1) is 8.30. The Kier molecular flexibility index (Phi) is 6.02. The fourth-order valence-electron chi connectivity index (χ4n) is 1.76. The molecule has 1 heterocycles. The highest BCUT2D eigenvalue weighted by Crippen LogP contribution is 2.12. The summed E-state index contributed by atoms with van der Waals surface area (Å²) in [5.74, 6) is 0.763. The molecule has 17 heavy (non-hydrogen) atoms. The Hall–Kier alpha value is -1.63. The van der Waals surface area contributed by atoms with Gasteiger partial charge in [0.15, 0.2) is 5.69 Å². The van der Waals surface area contributed by atoms with E-state index in [0.717, 1.165) is 25.1 Å². The lowest BCUT2D eigenvalue weighted by Crippen LogP contribution is -2.20. The van der Waals surface area contributed by atoms with Gasteiger partial charge in [-0.1, -0.05) is 33.1 Å². The quantitative estimate of drug-likeness (QED) is 0.784. The number of nitriles is 1. The van der Waals surface area contributed by atoms with Crippen LogP contribution in [0.2, 0.25) is 0 Å². The van der Waals surface area contributed by atoms with Crippen LogP contribution in [-0.2, 0) is 0 Å². The summed E-state index contributed by atoms with van der Waals surface area (Å²) in [7, 11) is 0. The minimum atomic E-state index is 0.358. The molecule has 0 aliphatic heterocycles. The number of hydrogen-bond acceptors (Lipinski definition) is 4. The molecule has 1 aromatic heterocycles. The second kappa shape index (κ2) is 7.61. The van der Waals surface area contributed by atoms with Gasteiger partial charge in [-0.05, 0) is 12.8 Å². The monoisotopic (exact) mass is 232 g/mol. The third-order valence-corrected chi connectivity index (χ3v) is 2.66. The highest BCUT2D eigenvalue weighted by molar-refractivity contribution is 5.34. The Morgan fingerprint density at radius 3 is 2.59 bits per heavy atom. The molecule has 1 rings (SSSR count). The minimum Gasteiger partial charge on any atom is -0.366 e. The number of hydrogen-bond donors (Lipinski definition) is 1. The van der Waals surface area contributed by atoms with Crippen LogP contribution in [0.1, 0.15) is 51.6 Å². The molecule has 92 valence electrons. The van der Waals surface area contributed by atoms with Gasteiger partial charge in [-0.2, -0.15) is 5.26 Å². The van der Waals surface area contributed by atoms with Crippen LogP contribution in [0.4, 0.5) is 5.82 Å². The van der Waals surface area contributed by atoms with E-state index in [1.54, 1.807) is 6.20 Å². The highest BCUT2D eigenvalue weighted by atomic mass is 15.0. The summed E-state index contributed by atoms with van der Waals surface area (Å²) in [5.41, 5.74) is 0.358. The van der Waals surface area contributed by atoms with Crippen molar-refractivity contribution < 1.29 is 0 Å². The predicted octanol–water partition coefficient (Wildman–Crippen LogP) is 3.12. The van der Waals surface area contributed by atoms with Crippen LogP contribution >= 0.6 is 0 Å². The van der Waals surface area contributed by atoms with Gasteiger partial charge < -0.3 is 5.32 Å². The molecule has 0 amide bonds. The SMILES string of the molecule is CCCCC(CCC)Nc1cnc(C#N)cn1. The number of nitrogens with one attached hydrogen (secondary N) is 1. The van der Waals surface area contributed by atoms with Crippen molar-refractivity contribution in [3.05, 3.63) is 18.1 Å². The van der Waals surface area contributed by atoms with Gasteiger partial charge in [0.1, 0.15) is 11.9 Å². The molecular weight excluding hydrogens is 212 g/mol. The third-order valence-electron chi connectivity index (χ3n) is 2.66. The van der Waals surface area contributed by atoms with Gasteiger partial charge in [-0.25, -0.2) is 9.97 Å². The number of unbranched alkanes of at least 4 members (excludes halogenated alkanes) is 1. The zero-order chi connectivity index (χ0) is 12.5. The molecule has 0 aliphatic rings. The van der Waals surface area contributed by atoms with E-state index in [4.69, 9.17) is 5.26 Å². The second-order valence-electron chi connectivity index (χ2n) is 4.17. The summed E-state index contributed by atoms with van der Waals surface area (Å²) in [4.78, 5) is 8.19. The Balaban J connectivity index is 2.55. The maximum Gasteiger partial charge on any atom is 0.158 e. The van der Waals surface area contributed by atoms with E-state index in [9.17, 15) is 0 Å². The molecule has 0 fully saturated rings. The van der Waals surface area contributed by atoms with Gasteiger partial charge >= 0.3 is 0 Å². The zero-order valence-electron chi connectivity index (χ0n) is 10.6. The highest BCUT2D eigenvalue weighted by Gasteiger charge is 2.07. The Morgan fingerprint density at radius 2 is 2.06 bits per heavy atom. The summed E-state index contributed by atoms with van der Waals surface area (Å²) < 4.78 is 0. The van der Waals surface area contributed by atoms with Crippen molar-refractivity contribution in [1.82, 2.24) is 9.97 Å². The average molecular weight is 232 g/mol. The molecule has 4 heteroatoms. The van der Waals surface area contributed by atoms with Crippen molar-refractivity contribution in [2.45, 2.75) is 52.0 Å². The van der Waals surface area contributed by atoms with Crippen molar-refractivity contribution >= 4 is 5.82 Å². The van der Waals surface area contributed by atoms with E-state index < -0.39 is 0 Å². The van der Waals surface area contributed by atoms with Crippen LogP contribution in [0.15, 0.2) is 12.4 Å². The molecule has 0 radical (unpaired) electrons. The molecule has 0 spiro atoms. The molecule has 0 aromatic carbocycles. The van der Waals surface area contributed by atoms with E-state index in [-0.39, 0.29) is 0 Å². The van der Waals surface area contributed by atoms with Crippen LogP contribution in [-0.4, -0.2) is 16.0 Å². The topological polar surface area (TPSA) is 61.6 Å². The van der Waals surface area contributed by atoms with E-state index in [0.29, 0.717) is 11.7 Å². The van der Waals surface area contributed by atoms with Crippen molar-refractivity contribution in [1.29, 1.82) is 5.26 Å². The molecule has 1 N–H and O–H groups in total. The molecule has 4 nitrogen and oxygen atoms in total. The summed E-state index contributed by atoms with van der Waals surface area (Å²) in [5, 5.41) is 12.0. The third kappa shape index (κ3) is 4.81. The van der Waals surface area contributed by atoms with Gasteiger partial charge in [-0.15, -0.1) is 0 Å². The van der Waals surface area contributed by atoms with E-state index in [1.807, 2.05) is 6.07 Å². The maximum atomic E-state index is 8.64. The number of aromatic nitrogens is 2. The summed E-state index contributed by atoms with van der Waals surface area (Å²) >= 11 is 0. The summed E-state index contributed by atoms with van der Waals surface area (Å²) in [6.07, 6.45) is 9.03. The van der Waals surface area contributed by atoms with Crippen LogP contribution in [0.3, 0.4) is 0 Å². The van der Waals surface area contributed by atoms with Crippen molar-refractivity contribution in [3.63, 3.8) is 0 Å². The lowest BCUT2D eigenvalue weighted by molar-refractivity contribution is 0.562. The molecule has 0 bridgehead atoms. The van der Waals surface area contributed by atoms with E-state index in [1.165, 1.54) is 19.0 Å². The van der Waals surface area contributed by atoms with Crippen LogP contribution in [0, 0.1) is 11.3 Å². The number of nitrogens with zero attached hydrogens (tertiary/aromatic N) is 3. The van der Waals surface area contributed by atoms with Crippen LogP contribution in [0.5, 0.6) is 0 Å². The molecule has 0 aliphatic carbocycles. The van der Waals surface area contributed by atoms with Crippen LogP contribution < -0.4 is 5.32 Å². The van der Waals surface area contributed by atoms with Crippen molar-refractivity contribution in [2.24, 2.45) is 0 Å². The van der Waals surface area contributed by atoms with Gasteiger partial charge in [0.2, 0.25) is 0 Å². The maximum absolute atomic E-state index is 8.64. The Morgan fingerprint density at radius 1 is 1.24 bits per heavy atom. The average Bonchev–Trinajstić information content (AvgIpc) is 2.37. The Labute approximate surface area is 103 Å². The molecule has 0 saturated heterocycles. The standard InChI is InChI=1S/C13H20N4/c1-3-5-7-11(6-4-2)17-13-10-15-12(8-14)9-16-13/h9-11H,3-7H2,1-2H3,(H,16,17). The fraction of sp³-hybridized carbons (Fsp3) is 0.615. The number of anilines is 1. The first-order valence-corrected chi connectivity index (χ1v) is 6.28.